The topological polar surface area (TPSA) is 55.8 Å². The van der Waals surface area contributed by atoms with Crippen LogP contribution in [0.25, 0.3) is 0 Å². The predicted molar refractivity (Wildman–Crippen MR) is 50.8 cm³/mol. The molecule has 1 fully saturated rings. The Morgan fingerprint density at radius 1 is 1.71 bits per heavy atom. The highest BCUT2D eigenvalue weighted by Gasteiger charge is 2.21. The van der Waals surface area contributed by atoms with Crippen LogP contribution in [-0.2, 0) is 14.3 Å². The van der Waals surface area contributed by atoms with Gasteiger partial charge in [-0.2, -0.15) is 0 Å². The molecule has 0 bridgehead atoms. The first-order valence-electron chi connectivity index (χ1n) is 4.88. The smallest absolute Gasteiger partial charge is 0.330 e. The predicted octanol–water partition coefficient (Wildman–Crippen LogP) is 0.646. The molecule has 0 unspecified atom stereocenters. The van der Waals surface area contributed by atoms with Crippen LogP contribution in [-0.4, -0.2) is 36.5 Å². The standard InChI is InChI=1S/C10H16O4/c1-2-13-10(12)6-5-9-8(11)4-3-7-14-9/h5-6,8-9,11H,2-4,7H2,1H3/b6-5+/t8-,9+/m1/s1. The second-order valence-corrected chi connectivity index (χ2v) is 3.16. The van der Waals surface area contributed by atoms with E-state index in [1.165, 1.54) is 6.08 Å². The molecule has 0 aromatic carbocycles. The fourth-order valence-corrected chi connectivity index (χ4v) is 1.33. The fraction of sp³-hybridized carbons (Fsp3) is 0.700. The Kier molecular flexibility index (Phi) is 4.62. The van der Waals surface area contributed by atoms with Crippen LogP contribution < -0.4 is 0 Å². The van der Waals surface area contributed by atoms with Crippen LogP contribution in [0.4, 0.5) is 0 Å². The summed E-state index contributed by atoms with van der Waals surface area (Å²) in [7, 11) is 0. The number of hydrogen-bond donors (Lipinski definition) is 1. The highest BCUT2D eigenvalue weighted by atomic mass is 16.5. The molecule has 0 radical (unpaired) electrons. The molecule has 0 aromatic rings. The van der Waals surface area contributed by atoms with Gasteiger partial charge in [0.2, 0.25) is 0 Å². The molecule has 0 amide bonds. The van der Waals surface area contributed by atoms with Gasteiger partial charge in [-0.25, -0.2) is 4.79 Å². The average molecular weight is 200 g/mol. The van der Waals surface area contributed by atoms with Gasteiger partial charge < -0.3 is 14.6 Å². The van der Waals surface area contributed by atoms with Crippen LogP contribution in [0.15, 0.2) is 12.2 Å². The van der Waals surface area contributed by atoms with Crippen molar-refractivity contribution in [3.8, 4) is 0 Å². The zero-order valence-electron chi connectivity index (χ0n) is 8.31. The van der Waals surface area contributed by atoms with Gasteiger partial charge in [0.15, 0.2) is 0 Å². The average Bonchev–Trinajstić information content (AvgIpc) is 2.17. The summed E-state index contributed by atoms with van der Waals surface area (Å²) >= 11 is 0. The lowest BCUT2D eigenvalue weighted by molar-refractivity contribution is -0.137. The van der Waals surface area contributed by atoms with Crippen LogP contribution in [0.2, 0.25) is 0 Å². The van der Waals surface area contributed by atoms with E-state index < -0.39 is 12.1 Å². The second kappa shape index (κ2) is 5.78. The van der Waals surface area contributed by atoms with E-state index in [1.54, 1.807) is 13.0 Å². The number of esters is 1. The van der Waals surface area contributed by atoms with Crippen molar-refractivity contribution in [1.29, 1.82) is 0 Å². The monoisotopic (exact) mass is 200 g/mol. The van der Waals surface area contributed by atoms with Crippen LogP contribution in [0, 0.1) is 0 Å². The molecule has 4 nitrogen and oxygen atoms in total. The van der Waals surface area contributed by atoms with Crippen molar-refractivity contribution in [1.82, 2.24) is 0 Å². The van der Waals surface area contributed by atoms with Crippen LogP contribution in [0.1, 0.15) is 19.8 Å². The summed E-state index contributed by atoms with van der Waals surface area (Å²) in [5.74, 6) is -0.395. The molecule has 1 aliphatic rings. The molecule has 0 saturated carbocycles. The Morgan fingerprint density at radius 3 is 3.14 bits per heavy atom. The first-order valence-corrected chi connectivity index (χ1v) is 4.88. The van der Waals surface area contributed by atoms with E-state index in [1.807, 2.05) is 0 Å². The van der Waals surface area contributed by atoms with Crippen LogP contribution in [0.5, 0.6) is 0 Å². The Balaban J connectivity index is 2.37. The van der Waals surface area contributed by atoms with E-state index in [-0.39, 0.29) is 6.10 Å². The lowest BCUT2D eigenvalue weighted by Gasteiger charge is -2.25. The summed E-state index contributed by atoms with van der Waals surface area (Å²) in [6.45, 7) is 2.74. The van der Waals surface area contributed by atoms with Gasteiger partial charge in [-0.05, 0) is 25.8 Å². The number of ether oxygens (including phenoxy) is 2. The quantitative estimate of drug-likeness (QED) is 0.536. The molecule has 0 aliphatic carbocycles. The normalized spacial score (nSPS) is 27.9. The molecule has 0 spiro atoms. The second-order valence-electron chi connectivity index (χ2n) is 3.16. The van der Waals surface area contributed by atoms with E-state index >= 15 is 0 Å². The zero-order chi connectivity index (χ0) is 10.4. The summed E-state index contributed by atoms with van der Waals surface area (Å²) in [5, 5.41) is 9.48. The van der Waals surface area contributed by atoms with Crippen molar-refractivity contribution in [3.05, 3.63) is 12.2 Å². The molecular formula is C10H16O4. The molecule has 1 aliphatic heterocycles. The van der Waals surface area contributed by atoms with E-state index in [4.69, 9.17) is 9.47 Å². The van der Waals surface area contributed by atoms with Gasteiger partial charge in [0.25, 0.3) is 0 Å². The van der Waals surface area contributed by atoms with Gasteiger partial charge in [-0.15, -0.1) is 0 Å². The molecule has 1 heterocycles. The van der Waals surface area contributed by atoms with Crippen molar-refractivity contribution in [3.63, 3.8) is 0 Å². The van der Waals surface area contributed by atoms with Crippen molar-refractivity contribution in [2.24, 2.45) is 0 Å². The highest BCUT2D eigenvalue weighted by molar-refractivity contribution is 5.81. The molecule has 80 valence electrons. The molecule has 1 N–H and O–H groups in total. The first-order chi connectivity index (χ1) is 6.74. The SMILES string of the molecule is CCOC(=O)/C=C/[C@@H]1OCCC[C@H]1O. The third-order valence-electron chi connectivity index (χ3n) is 2.04. The van der Waals surface area contributed by atoms with E-state index in [0.29, 0.717) is 13.2 Å². The van der Waals surface area contributed by atoms with Gasteiger partial charge >= 0.3 is 5.97 Å². The lowest BCUT2D eigenvalue weighted by Crippen LogP contribution is -2.32. The number of aliphatic hydroxyl groups is 1. The van der Waals surface area contributed by atoms with E-state index in [0.717, 1.165) is 12.8 Å². The van der Waals surface area contributed by atoms with Gasteiger partial charge in [-0.1, -0.05) is 0 Å². The first kappa shape index (κ1) is 11.2. The van der Waals surface area contributed by atoms with Crippen molar-refractivity contribution in [2.75, 3.05) is 13.2 Å². The molecular weight excluding hydrogens is 184 g/mol. The minimum Gasteiger partial charge on any atom is -0.463 e. The number of hydrogen-bond acceptors (Lipinski definition) is 4. The molecule has 0 aromatic heterocycles. The van der Waals surface area contributed by atoms with Gasteiger partial charge in [0.05, 0.1) is 12.7 Å². The molecule has 2 atom stereocenters. The maximum Gasteiger partial charge on any atom is 0.330 e. The Bertz CT molecular complexity index is 212. The van der Waals surface area contributed by atoms with Crippen LogP contribution in [0.3, 0.4) is 0 Å². The van der Waals surface area contributed by atoms with Gasteiger partial charge in [-0.3, -0.25) is 0 Å². The van der Waals surface area contributed by atoms with Crippen molar-refractivity contribution >= 4 is 5.97 Å². The third kappa shape index (κ3) is 3.47. The summed E-state index contributed by atoms with van der Waals surface area (Å²) in [6, 6.07) is 0. The van der Waals surface area contributed by atoms with Crippen LogP contribution >= 0.6 is 0 Å². The van der Waals surface area contributed by atoms with Crippen molar-refractivity contribution in [2.45, 2.75) is 32.0 Å². The van der Waals surface area contributed by atoms with E-state index in [9.17, 15) is 9.90 Å². The molecule has 14 heavy (non-hydrogen) atoms. The minimum atomic E-state index is -0.505. The number of carbonyl (C=O) groups is 1. The molecule has 1 saturated heterocycles. The Hall–Kier alpha value is -0.870. The Morgan fingerprint density at radius 2 is 2.50 bits per heavy atom. The highest BCUT2D eigenvalue weighted by Crippen LogP contribution is 2.14. The third-order valence-corrected chi connectivity index (χ3v) is 2.04. The molecule has 1 rings (SSSR count). The summed E-state index contributed by atoms with van der Waals surface area (Å²) in [4.78, 5) is 10.9. The van der Waals surface area contributed by atoms with E-state index in [2.05, 4.69) is 0 Å². The number of carbonyl (C=O) groups excluding carboxylic acids is 1. The fourth-order valence-electron chi connectivity index (χ4n) is 1.33. The largest absolute Gasteiger partial charge is 0.463 e. The van der Waals surface area contributed by atoms with Gasteiger partial charge in [0.1, 0.15) is 6.10 Å². The van der Waals surface area contributed by atoms with Gasteiger partial charge in [0, 0.05) is 12.7 Å². The number of aliphatic hydroxyl groups excluding tert-OH is 1. The summed E-state index contributed by atoms with van der Waals surface area (Å²) < 4.78 is 9.98. The maximum absolute atomic E-state index is 10.9. The minimum absolute atomic E-state index is 0.358. The van der Waals surface area contributed by atoms with Crippen molar-refractivity contribution < 1.29 is 19.4 Å². The maximum atomic E-state index is 10.9. The number of rotatable bonds is 3. The molecule has 4 heteroatoms. The summed E-state index contributed by atoms with van der Waals surface area (Å²) in [5.41, 5.74) is 0. The summed E-state index contributed by atoms with van der Waals surface area (Å²) in [6.07, 6.45) is 3.58. The lowest BCUT2D eigenvalue weighted by atomic mass is 10.1. The Labute approximate surface area is 83.5 Å². The zero-order valence-corrected chi connectivity index (χ0v) is 8.31.